The molecule has 0 spiro atoms. The average molecular weight is 515 g/mol. The van der Waals surface area contributed by atoms with Crippen molar-refractivity contribution in [3.63, 3.8) is 0 Å². The number of hydrogen-bond donors (Lipinski definition) is 3. The molecule has 0 aliphatic heterocycles. The Kier molecular flexibility index (Phi) is 7.56. The smallest absolute Gasteiger partial charge is 0.224 e. The number of halogens is 1. The molecule has 2 aliphatic rings. The first-order valence-corrected chi connectivity index (χ1v) is 13.5. The number of aromatic nitrogens is 1. The number of anilines is 1. The number of nitrogens with zero attached hydrogens (tertiary/aromatic N) is 1. The quantitative estimate of drug-likeness (QED) is 0.375. The second kappa shape index (κ2) is 11.0. The molecule has 1 heterocycles. The summed E-state index contributed by atoms with van der Waals surface area (Å²) in [4.78, 5) is 28.9. The van der Waals surface area contributed by atoms with Crippen molar-refractivity contribution in [2.45, 2.75) is 69.6 Å². The Hall–Kier alpha value is -3.58. The van der Waals surface area contributed by atoms with Gasteiger partial charge in [0.2, 0.25) is 11.8 Å². The minimum atomic E-state index is -0.826. The lowest BCUT2D eigenvalue weighted by Gasteiger charge is -2.41. The highest BCUT2D eigenvalue weighted by atomic mass is 19.1. The number of pyridine rings is 1. The SMILES string of the molecule is CC(=O)NC1CCC(CC(=O)Nc2cnc(-c3ccc([C@]4(N)C[C@H](F)C4)cc3)c(-c3ccccc3)c2)CC1. The van der Waals surface area contributed by atoms with E-state index in [-0.39, 0.29) is 17.9 Å². The van der Waals surface area contributed by atoms with Crippen LogP contribution in [-0.2, 0) is 15.1 Å². The Balaban J connectivity index is 1.31. The summed E-state index contributed by atoms with van der Waals surface area (Å²) in [7, 11) is 0. The van der Waals surface area contributed by atoms with E-state index in [4.69, 9.17) is 10.7 Å². The summed E-state index contributed by atoms with van der Waals surface area (Å²) in [5.74, 6) is 0.295. The molecular formula is C31H35FN4O2. The van der Waals surface area contributed by atoms with Crippen molar-refractivity contribution in [2.24, 2.45) is 11.7 Å². The van der Waals surface area contributed by atoms with E-state index in [9.17, 15) is 14.0 Å². The van der Waals surface area contributed by atoms with Crippen LogP contribution in [0.25, 0.3) is 22.4 Å². The van der Waals surface area contributed by atoms with Crippen LogP contribution in [0.1, 0.15) is 57.4 Å². The zero-order valence-electron chi connectivity index (χ0n) is 21.8. The lowest BCUT2D eigenvalue weighted by Crippen LogP contribution is -2.50. The lowest BCUT2D eigenvalue weighted by molar-refractivity contribution is -0.120. The first-order valence-electron chi connectivity index (χ1n) is 13.5. The molecule has 2 aliphatic carbocycles. The monoisotopic (exact) mass is 514 g/mol. The molecule has 2 amide bonds. The molecule has 3 aromatic rings. The van der Waals surface area contributed by atoms with Crippen molar-refractivity contribution in [3.05, 3.63) is 72.4 Å². The Morgan fingerprint density at radius 1 is 1.00 bits per heavy atom. The largest absolute Gasteiger partial charge is 0.354 e. The van der Waals surface area contributed by atoms with E-state index in [2.05, 4.69) is 10.6 Å². The number of benzene rings is 2. The summed E-state index contributed by atoms with van der Waals surface area (Å²) < 4.78 is 13.5. The van der Waals surface area contributed by atoms with Gasteiger partial charge < -0.3 is 16.4 Å². The molecule has 0 saturated heterocycles. The normalized spacial score (nSPS) is 24.8. The maximum atomic E-state index is 13.5. The van der Waals surface area contributed by atoms with Gasteiger partial charge in [0.1, 0.15) is 6.17 Å². The number of nitrogens with one attached hydrogen (secondary N) is 2. The first-order chi connectivity index (χ1) is 18.3. The van der Waals surface area contributed by atoms with Crippen LogP contribution in [0.2, 0.25) is 0 Å². The van der Waals surface area contributed by atoms with E-state index in [1.165, 1.54) is 0 Å². The minimum Gasteiger partial charge on any atom is -0.354 e. The molecule has 2 saturated carbocycles. The molecule has 4 N–H and O–H groups in total. The van der Waals surface area contributed by atoms with Crippen LogP contribution in [-0.4, -0.2) is 29.0 Å². The van der Waals surface area contributed by atoms with E-state index in [1.807, 2.05) is 60.7 Å². The van der Waals surface area contributed by atoms with Gasteiger partial charge in [-0.25, -0.2) is 4.39 Å². The molecule has 5 rings (SSSR count). The lowest BCUT2D eigenvalue weighted by atomic mass is 9.71. The summed E-state index contributed by atoms with van der Waals surface area (Å²) in [6.45, 7) is 1.55. The van der Waals surface area contributed by atoms with Crippen molar-refractivity contribution < 1.29 is 14.0 Å². The average Bonchev–Trinajstić information content (AvgIpc) is 2.89. The van der Waals surface area contributed by atoms with Crippen molar-refractivity contribution in [3.8, 4) is 22.4 Å². The highest BCUT2D eigenvalue weighted by molar-refractivity contribution is 5.93. The summed E-state index contributed by atoms with van der Waals surface area (Å²) in [5, 5.41) is 6.03. The van der Waals surface area contributed by atoms with Crippen LogP contribution in [0.15, 0.2) is 66.9 Å². The number of hydrogen-bond acceptors (Lipinski definition) is 4. The van der Waals surface area contributed by atoms with Crippen LogP contribution in [0, 0.1) is 5.92 Å². The maximum absolute atomic E-state index is 13.5. The van der Waals surface area contributed by atoms with Crippen LogP contribution < -0.4 is 16.4 Å². The summed E-state index contributed by atoms with van der Waals surface area (Å²) in [5.41, 5.74) is 11.0. The molecule has 7 heteroatoms. The number of carbonyl (C=O) groups is 2. The second-order valence-corrected chi connectivity index (χ2v) is 10.9. The van der Waals surface area contributed by atoms with Gasteiger partial charge in [0.05, 0.1) is 17.6 Å². The second-order valence-electron chi connectivity index (χ2n) is 10.9. The molecule has 1 aromatic heterocycles. The van der Waals surface area contributed by atoms with Gasteiger partial charge in [-0.1, -0.05) is 54.6 Å². The predicted octanol–water partition coefficient (Wildman–Crippen LogP) is 5.73. The number of alkyl halides is 1. The molecule has 198 valence electrons. The summed E-state index contributed by atoms with van der Waals surface area (Å²) in [6.07, 6.45) is 5.70. The highest BCUT2D eigenvalue weighted by Gasteiger charge is 2.42. The minimum absolute atomic E-state index is 0.00361. The van der Waals surface area contributed by atoms with Crippen molar-refractivity contribution in [1.82, 2.24) is 10.3 Å². The van der Waals surface area contributed by atoms with Crippen molar-refractivity contribution in [2.75, 3.05) is 5.32 Å². The van der Waals surface area contributed by atoms with Gasteiger partial charge in [-0.15, -0.1) is 0 Å². The molecule has 0 radical (unpaired) electrons. The molecule has 0 atom stereocenters. The summed E-state index contributed by atoms with van der Waals surface area (Å²) in [6, 6.07) is 20.1. The molecular weight excluding hydrogens is 479 g/mol. The molecule has 0 bridgehead atoms. The van der Waals surface area contributed by atoms with Crippen molar-refractivity contribution >= 4 is 17.5 Å². The third kappa shape index (κ3) is 5.94. The third-order valence-electron chi connectivity index (χ3n) is 7.89. The topological polar surface area (TPSA) is 97.1 Å². The number of carbonyl (C=O) groups excluding carboxylic acids is 2. The molecule has 38 heavy (non-hydrogen) atoms. The fourth-order valence-electron chi connectivity index (χ4n) is 5.80. The van der Waals surface area contributed by atoms with Gasteiger partial charge in [-0.05, 0) is 48.8 Å². The third-order valence-corrected chi connectivity index (χ3v) is 7.89. The maximum Gasteiger partial charge on any atom is 0.224 e. The standard InChI is InChI=1S/C31H35FN4O2/c1-20(37)35-26-13-7-21(8-14-26)15-29(38)36-27-16-28(22-5-3-2-4-6-22)30(34-19-27)23-9-11-24(12-10-23)31(33)17-25(32)18-31/h2-6,9-12,16,19,21,25-26H,7-8,13-15,17-18,33H2,1H3,(H,35,37)(H,36,38)/t21?,25-,26?,31-. The van der Waals surface area contributed by atoms with Crippen LogP contribution in [0.4, 0.5) is 10.1 Å². The number of amides is 2. The van der Waals surface area contributed by atoms with Gasteiger partial charge in [0.25, 0.3) is 0 Å². The summed E-state index contributed by atoms with van der Waals surface area (Å²) >= 11 is 0. The molecule has 2 aromatic carbocycles. The molecule has 2 fully saturated rings. The number of rotatable bonds is 7. The zero-order valence-corrected chi connectivity index (χ0v) is 21.8. The van der Waals surface area contributed by atoms with Crippen LogP contribution in [0.5, 0.6) is 0 Å². The first kappa shape index (κ1) is 26.0. The highest BCUT2D eigenvalue weighted by Crippen LogP contribution is 2.42. The predicted molar refractivity (Wildman–Crippen MR) is 148 cm³/mol. The molecule has 6 nitrogen and oxygen atoms in total. The van der Waals surface area contributed by atoms with Crippen molar-refractivity contribution in [1.29, 1.82) is 0 Å². The van der Waals surface area contributed by atoms with Gasteiger partial charge >= 0.3 is 0 Å². The molecule has 0 unspecified atom stereocenters. The van der Waals surface area contributed by atoms with Gasteiger partial charge in [0.15, 0.2) is 0 Å². The van der Waals surface area contributed by atoms with Gasteiger partial charge in [-0.2, -0.15) is 0 Å². The van der Waals surface area contributed by atoms with Gasteiger partial charge in [-0.3, -0.25) is 14.6 Å². The van der Waals surface area contributed by atoms with E-state index in [1.54, 1.807) is 13.1 Å². The van der Waals surface area contributed by atoms with E-state index in [0.717, 1.165) is 53.6 Å². The number of nitrogens with two attached hydrogens (primary N) is 1. The zero-order chi connectivity index (χ0) is 26.7. The Bertz CT molecular complexity index is 1280. The Morgan fingerprint density at radius 2 is 1.68 bits per heavy atom. The fourth-order valence-corrected chi connectivity index (χ4v) is 5.80. The van der Waals surface area contributed by atoms with E-state index >= 15 is 0 Å². The van der Waals surface area contributed by atoms with Gasteiger partial charge in [0, 0.05) is 48.9 Å². The Labute approximate surface area is 223 Å². The van der Waals surface area contributed by atoms with E-state index in [0.29, 0.717) is 30.9 Å². The fraction of sp³-hybridized carbons (Fsp3) is 0.387. The van der Waals surface area contributed by atoms with Crippen LogP contribution in [0.3, 0.4) is 0 Å². The van der Waals surface area contributed by atoms with E-state index < -0.39 is 11.7 Å². The Morgan fingerprint density at radius 3 is 2.32 bits per heavy atom. The van der Waals surface area contributed by atoms with Crippen LogP contribution >= 0.6 is 0 Å².